The molecule has 91 heavy (non-hydrogen) atoms. The summed E-state index contributed by atoms with van der Waals surface area (Å²) in [4.78, 5) is 22.4. The zero-order valence-corrected chi connectivity index (χ0v) is 54.4. The average Bonchev–Trinajstić information content (AvgIpc) is 1.74. The average molecular weight is 1260 g/mol. The minimum atomic E-state index is 0.274. The van der Waals surface area contributed by atoms with Gasteiger partial charge in [-0.15, -0.1) is 0 Å². The van der Waals surface area contributed by atoms with E-state index in [0.29, 0.717) is 155 Å². The molecule has 0 radical (unpaired) electrons. The van der Waals surface area contributed by atoms with E-state index in [1.54, 1.807) is 28.4 Å². The number of hydrogen-bond acceptors (Lipinski definition) is 18. The van der Waals surface area contributed by atoms with Crippen molar-refractivity contribution in [2.75, 3.05) is 187 Å². The van der Waals surface area contributed by atoms with Gasteiger partial charge < -0.3 is 90.7 Å². The fraction of sp³-hybridized carbons (Fsp3) is 0.486. The maximum atomic E-state index is 6.49. The van der Waals surface area contributed by atoms with Crippen LogP contribution in [0.3, 0.4) is 0 Å². The van der Waals surface area contributed by atoms with Gasteiger partial charge in [-0.05, 0) is 133 Å². The Morgan fingerprint density at radius 2 is 0.604 bits per heavy atom. The molecule has 21 heteroatoms. The lowest BCUT2D eigenvalue weighted by molar-refractivity contribution is 0.0174. The summed E-state index contributed by atoms with van der Waals surface area (Å²) in [7, 11) is 6.59. The van der Waals surface area contributed by atoms with Crippen LogP contribution in [0.15, 0.2) is 60.7 Å². The SMILES string of the molecule is CCc1c(C)c2[nH]c1cc1nc(c(-c3cc(OCCOCCOCCOC)cc(OCCOCCOCCOC)c3)c3ccc([nH]3)c(-c3cc(OCCOCCOCCOC)cc(OCCOCCOCCOC)c3)c3nc(cc4[nH]c2c(C)c4CC)C=C3)C=C1. The Hall–Kier alpha value is -6.96. The van der Waals surface area contributed by atoms with Crippen LogP contribution in [0.25, 0.3) is 79.7 Å². The molecular weight excluding hydrogens is 1170 g/mol. The molecule has 0 saturated carbocycles. The fourth-order valence-corrected chi connectivity index (χ4v) is 10.5. The van der Waals surface area contributed by atoms with Crippen molar-refractivity contribution in [3.8, 4) is 45.3 Å². The lowest BCUT2D eigenvalue weighted by atomic mass is 10.0. The van der Waals surface area contributed by atoms with Gasteiger partial charge in [0.2, 0.25) is 0 Å². The first-order chi connectivity index (χ1) is 44.7. The van der Waals surface area contributed by atoms with Crippen LogP contribution in [0, 0.1) is 13.8 Å². The predicted octanol–water partition coefficient (Wildman–Crippen LogP) is 11.0. The molecule has 21 nitrogen and oxygen atoms in total. The third-order valence-corrected chi connectivity index (χ3v) is 15.0. The third kappa shape index (κ3) is 21.3. The molecule has 2 aliphatic rings. The molecule has 4 aromatic heterocycles. The summed E-state index contributed by atoms with van der Waals surface area (Å²) in [6.07, 6.45) is 9.88. The zero-order valence-electron chi connectivity index (χ0n) is 54.4. The molecule has 3 N–H and O–H groups in total. The van der Waals surface area contributed by atoms with Gasteiger partial charge in [0.25, 0.3) is 0 Å². The topological polar surface area (TPSA) is 221 Å². The van der Waals surface area contributed by atoms with Crippen LogP contribution in [0.2, 0.25) is 0 Å². The number of benzene rings is 2. The number of methoxy groups -OCH3 is 4. The van der Waals surface area contributed by atoms with Gasteiger partial charge in [0.1, 0.15) is 49.4 Å². The molecule has 0 amide bonds. The van der Waals surface area contributed by atoms with E-state index in [4.69, 9.17) is 85.8 Å². The van der Waals surface area contributed by atoms with Crippen LogP contribution in [-0.2, 0) is 69.7 Å². The second kappa shape index (κ2) is 38.8. The van der Waals surface area contributed by atoms with Crippen LogP contribution in [0.1, 0.15) is 58.9 Å². The van der Waals surface area contributed by atoms with Crippen molar-refractivity contribution in [1.29, 1.82) is 0 Å². The summed E-state index contributed by atoms with van der Waals surface area (Å²) in [5, 5.41) is 0. The smallest absolute Gasteiger partial charge is 0.123 e. The van der Waals surface area contributed by atoms with Gasteiger partial charge in [0.05, 0.1) is 166 Å². The second-order valence-corrected chi connectivity index (χ2v) is 21.2. The second-order valence-electron chi connectivity index (χ2n) is 21.2. The molecule has 6 heterocycles. The third-order valence-electron chi connectivity index (χ3n) is 15.0. The predicted molar refractivity (Wildman–Crippen MR) is 355 cm³/mol. The highest BCUT2D eigenvalue weighted by Gasteiger charge is 2.20. The highest BCUT2D eigenvalue weighted by molar-refractivity contribution is 5.97. The number of fused-ring (bicyclic) bond motifs is 11. The largest absolute Gasteiger partial charge is 0.491 e. The summed E-state index contributed by atoms with van der Waals surface area (Å²) in [6, 6.07) is 20.2. The number of H-pyrrole nitrogens is 3. The highest BCUT2D eigenvalue weighted by Crippen LogP contribution is 2.40. The normalized spacial score (nSPS) is 12.0. The fourth-order valence-electron chi connectivity index (χ4n) is 10.5. The van der Waals surface area contributed by atoms with Crippen LogP contribution in [0.4, 0.5) is 0 Å². The Kier molecular flexibility index (Phi) is 29.8. The van der Waals surface area contributed by atoms with Gasteiger partial charge in [-0.25, -0.2) is 9.97 Å². The quantitative estimate of drug-likeness (QED) is 0.0302. The first kappa shape index (κ1) is 69.9. The summed E-state index contributed by atoms with van der Waals surface area (Å²) in [5.41, 5.74) is 16.6. The summed E-state index contributed by atoms with van der Waals surface area (Å²) in [6.45, 7) is 18.7. The summed E-state index contributed by atoms with van der Waals surface area (Å²) >= 11 is 0. The molecule has 0 spiro atoms. The van der Waals surface area contributed by atoms with E-state index < -0.39 is 0 Å². The molecule has 0 aliphatic carbocycles. The van der Waals surface area contributed by atoms with Crippen molar-refractivity contribution < 1.29 is 75.8 Å². The Balaban J connectivity index is 1.28. The molecule has 0 atom stereocenters. The van der Waals surface area contributed by atoms with Gasteiger partial charge in [-0.1, -0.05) is 13.8 Å². The van der Waals surface area contributed by atoms with Crippen molar-refractivity contribution in [1.82, 2.24) is 24.9 Å². The number of hydrogen-bond donors (Lipinski definition) is 3. The van der Waals surface area contributed by atoms with Gasteiger partial charge in [0, 0.05) is 73.8 Å². The molecule has 2 aromatic carbocycles. The molecule has 2 aliphatic heterocycles. The molecule has 8 rings (SSSR count). The lowest BCUT2D eigenvalue weighted by Crippen LogP contribution is -2.13. The van der Waals surface area contributed by atoms with Crippen molar-refractivity contribution in [2.24, 2.45) is 0 Å². The molecule has 0 saturated heterocycles. The van der Waals surface area contributed by atoms with Crippen LogP contribution < -0.4 is 18.9 Å². The van der Waals surface area contributed by atoms with Gasteiger partial charge in [-0.3, -0.25) is 0 Å². The maximum absolute atomic E-state index is 6.49. The van der Waals surface area contributed by atoms with E-state index in [2.05, 4.69) is 91.2 Å². The minimum Gasteiger partial charge on any atom is -0.491 e. The summed E-state index contributed by atoms with van der Waals surface area (Å²) in [5.74, 6) is 2.30. The number of nitrogens with one attached hydrogen (secondary N) is 3. The number of aromatic amines is 3. The number of nitrogens with zero attached hydrogens (tertiary/aromatic N) is 2. The van der Waals surface area contributed by atoms with E-state index in [-0.39, 0.29) is 26.4 Å². The molecule has 0 unspecified atom stereocenters. The van der Waals surface area contributed by atoms with Crippen molar-refractivity contribution in [3.63, 3.8) is 0 Å². The maximum Gasteiger partial charge on any atom is 0.123 e. The lowest BCUT2D eigenvalue weighted by Gasteiger charge is -2.14. The van der Waals surface area contributed by atoms with Gasteiger partial charge >= 0.3 is 0 Å². The van der Waals surface area contributed by atoms with Crippen LogP contribution >= 0.6 is 0 Å². The van der Waals surface area contributed by atoms with E-state index in [0.717, 1.165) is 91.0 Å². The van der Waals surface area contributed by atoms with E-state index in [1.807, 2.05) is 36.4 Å². The van der Waals surface area contributed by atoms with E-state index in [1.165, 1.54) is 22.3 Å². The first-order valence-corrected chi connectivity index (χ1v) is 31.5. The van der Waals surface area contributed by atoms with E-state index in [9.17, 15) is 0 Å². The van der Waals surface area contributed by atoms with Crippen LogP contribution in [0.5, 0.6) is 23.0 Å². The zero-order chi connectivity index (χ0) is 63.8. The van der Waals surface area contributed by atoms with Gasteiger partial charge in [0.15, 0.2) is 0 Å². The highest BCUT2D eigenvalue weighted by atomic mass is 16.6. The standard InChI is InChI=1S/C70H93N5O16/c1-9-59-49(3)69-70-50(4)60(10-2)66(75-70)46-54-12-14-62(72-54)68(52-43-57(90-39-35-86-31-27-82-23-19-78-7)48-58(44-52)91-40-36-87-32-28-83-24-20-79-8)64-16-15-63(73-64)67(61-13-11-53(71-61)45-65(59)74-69)51-41-55(88-37-33-84-29-25-80-21-17-76-5)47-56(42-51)89-38-34-85-30-26-81-22-18-77-6/h11-16,41-48,73-75H,9-10,17-40H2,1-8H3. The van der Waals surface area contributed by atoms with E-state index >= 15 is 0 Å². The van der Waals surface area contributed by atoms with Crippen molar-refractivity contribution in [3.05, 3.63) is 106 Å². The van der Waals surface area contributed by atoms with Crippen molar-refractivity contribution >= 4 is 57.4 Å². The molecular formula is C70H93N5O16. The monoisotopic (exact) mass is 1260 g/mol. The van der Waals surface area contributed by atoms with Crippen molar-refractivity contribution in [2.45, 2.75) is 40.5 Å². The number of ether oxygens (including phenoxy) is 16. The summed E-state index contributed by atoms with van der Waals surface area (Å²) < 4.78 is 92.5. The van der Waals surface area contributed by atoms with Crippen LogP contribution in [-0.4, -0.2) is 212 Å². The number of aryl methyl sites for hydroxylation is 4. The molecule has 10 bridgehead atoms. The Bertz CT molecular complexity index is 3160. The Labute approximate surface area is 534 Å². The number of aromatic nitrogens is 5. The first-order valence-electron chi connectivity index (χ1n) is 31.5. The van der Waals surface area contributed by atoms with Gasteiger partial charge in [-0.2, -0.15) is 0 Å². The Morgan fingerprint density at radius 1 is 0.319 bits per heavy atom. The molecule has 494 valence electrons. The molecule has 6 aromatic rings. The number of rotatable bonds is 44. The molecule has 0 fully saturated rings. The minimum absolute atomic E-state index is 0.274. The Morgan fingerprint density at radius 3 is 0.890 bits per heavy atom.